The normalized spacial score (nSPS) is 23.7. The molecule has 0 radical (unpaired) electrons. The molecule has 0 aromatic carbocycles. The molecule has 1 aliphatic carbocycles. The van der Waals surface area contributed by atoms with Gasteiger partial charge in [0.1, 0.15) is 0 Å². The van der Waals surface area contributed by atoms with Crippen LogP contribution in [0.1, 0.15) is 51.4 Å². The summed E-state index contributed by atoms with van der Waals surface area (Å²) < 4.78 is 2.03. The molecule has 19 heavy (non-hydrogen) atoms. The van der Waals surface area contributed by atoms with Crippen molar-refractivity contribution in [1.29, 1.82) is 0 Å². The predicted octanol–water partition coefficient (Wildman–Crippen LogP) is 0.970. The fourth-order valence-electron chi connectivity index (χ4n) is 2.75. The molecule has 3 rings (SSSR count). The van der Waals surface area contributed by atoms with E-state index >= 15 is 0 Å². The van der Waals surface area contributed by atoms with Crippen molar-refractivity contribution in [1.82, 2.24) is 30.4 Å². The molecule has 6 nitrogen and oxygen atoms in total. The smallest absolute Gasteiger partial charge is 0.165 e. The van der Waals surface area contributed by atoms with Gasteiger partial charge in [-0.2, -0.15) is 0 Å². The topological polar surface area (TPSA) is 58.9 Å². The molecular weight excluding hydrogens is 240 g/mol. The van der Waals surface area contributed by atoms with Gasteiger partial charge in [-0.25, -0.2) is 4.68 Å². The van der Waals surface area contributed by atoms with Gasteiger partial charge in [-0.1, -0.05) is 0 Å². The highest BCUT2D eigenvalue weighted by Gasteiger charge is 2.29. The zero-order chi connectivity index (χ0) is 13.2. The number of tetrazole rings is 1. The molecule has 2 heterocycles. The minimum absolute atomic E-state index is 0.520. The lowest BCUT2D eigenvalue weighted by molar-refractivity contribution is 0.186. The average Bonchev–Trinajstić information content (AvgIpc) is 2.90. The maximum atomic E-state index is 4.21. The van der Waals surface area contributed by atoms with Crippen LogP contribution in [0.3, 0.4) is 0 Å². The fraction of sp³-hybridized carbons (Fsp3) is 0.923. The molecule has 2 fully saturated rings. The van der Waals surface area contributed by atoms with E-state index in [-0.39, 0.29) is 0 Å². The van der Waals surface area contributed by atoms with Crippen molar-refractivity contribution in [2.24, 2.45) is 0 Å². The van der Waals surface area contributed by atoms with Crippen LogP contribution in [0.2, 0.25) is 0 Å². The molecule has 1 aromatic rings. The van der Waals surface area contributed by atoms with E-state index in [9.17, 15) is 0 Å². The van der Waals surface area contributed by atoms with Crippen LogP contribution in [0.5, 0.6) is 0 Å². The van der Waals surface area contributed by atoms with E-state index in [1.807, 2.05) is 4.68 Å². The lowest BCUT2D eigenvalue weighted by Gasteiger charge is -2.28. The van der Waals surface area contributed by atoms with Crippen LogP contribution in [0.4, 0.5) is 0 Å². The van der Waals surface area contributed by atoms with Crippen LogP contribution in [-0.4, -0.2) is 50.3 Å². The van der Waals surface area contributed by atoms with Crippen molar-refractivity contribution in [2.75, 3.05) is 13.1 Å². The highest BCUT2D eigenvalue weighted by atomic mass is 15.6. The van der Waals surface area contributed by atoms with Crippen molar-refractivity contribution < 1.29 is 0 Å². The maximum absolute atomic E-state index is 4.21. The monoisotopic (exact) mass is 264 g/mol. The second-order valence-electron chi connectivity index (χ2n) is 6.09. The van der Waals surface area contributed by atoms with E-state index in [0.717, 1.165) is 25.5 Å². The van der Waals surface area contributed by atoms with Crippen LogP contribution in [-0.2, 0) is 6.54 Å². The second-order valence-corrected chi connectivity index (χ2v) is 6.09. The van der Waals surface area contributed by atoms with Crippen molar-refractivity contribution in [3.8, 4) is 0 Å². The minimum Gasteiger partial charge on any atom is -0.313 e. The third-order valence-corrected chi connectivity index (χ3v) is 4.15. The van der Waals surface area contributed by atoms with Crippen LogP contribution >= 0.6 is 0 Å². The third-order valence-electron chi connectivity index (χ3n) is 4.15. The van der Waals surface area contributed by atoms with Gasteiger partial charge in [0.2, 0.25) is 0 Å². The molecule has 1 aromatic heterocycles. The predicted molar refractivity (Wildman–Crippen MR) is 72.7 cm³/mol. The molecule has 1 atom stereocenters. The van der Waals surface area contributed by atoms with E-state index < -0.39 is 0 Å². The molecule has 0 amide bonds. The Labute approximate surface area is 114 Å². The van der Waals surface area contributed by atoms with E-state index in [2.05, 4.69) is 39.6 Å². The fourth-order valence-corrected chi connectivity index (χ4v) is 2.75. The Morgan fingerprint density at radius 1 is 1.37 bits per heavy atom. The molecule has 106 valence electrons. The van der Waals surface area contributed by atoms with Gasteiger partial charge in [0.05, 0.1) is 12.6 Å². The summed E-state index contributed by atoms with van der Waals surface area (Å²) >= 11 is 0. The average molecular weight is 264 g/mol. The third kappa shape index (κ3) is 3.12. The van der Waals surface area contributed by atoms with Gasteiger partial charge in [-0.3, -0.25) is 4.90 Å². The lowest BCUT2D eigenvalue weighted by Crippen LogP contribution is -2.41. The number of rotatable bonds is 6. The number of hydrogen-bond acceptors (Lipinski definition) is 5. The molecule has 1 aliphatic heterocycles. The number of aromatic nitrogens is 4. The number of hydrogen-bond donors (Lipinski definition) is 1. The van der Waals surface area contributed by atoms with Gasteiger partial charge in [-0.05, 0) is 56.5 Å². The minimum atomic E-state index is 0.520. The zero-order valence-corrected chi connectivity index (χ0v) is 11.9. The molecule has 1 unspecified atom stereocenters. The highest BCUT2D eigenvalue weighted by Crippen LogP contribution is 2.34. The largest absolute Gasteiger partial charge is 0.313 e. The van der Waals surface area contributed by atoms with Crippen molar-refractivity contribution in [3.05, 3.63) is 5.82 Å². The van der Waals surface area contributed by atoms with E-state index in [1.54, 1.807) is 0 Å². The zero-order valence-electron chi connectivity index (χ0n) is 11.9. The highest BCUT2D eigenvalue weighted by molar-refractivity contribution is 4.91. The number of nitrogens with one attached hydrogen (secondary N) is 1. The van der Waals surface area contributed by atoms with E-state index in [4.69, 9.17) is 0 Å². The summed E-state index contributed by atoms with van der Waals surface area (Å²) in [5, 5.41) is 15.8. The molecule has 0 bridgehead atoms. The molecule has 1 N–H and O–H groups in total. The van der Waals surface area contributed by atoms with Crippen LogP contribution in [0.25, 0.3) is 0 Å². The second kappa shape index (κ2) is 5.54. The summed E-state index contributed by atoms with van der Waals surface area (Å²) in [4.78, 5) is 2.48. The first kappa shape index (κ1) is 13.0. The Bertz CT molecular complexity index is 405. The maximum Gasteiger partial charge on any atom is 0.165 e. The molecule has 2 aliphatic rings. The van der Waals surface area contributed by atoms with Gasteiger partial charge in [-0.15, -0.1) is 5.10 Å². The standard InChI is InChI=1S/C13H24N6/c1-10(2)18(8-11-4-3-7-14-11)9-13-15-16-17-19(13)12-5-6-12/h10-12,14H,3-9H2,1-2H3. The van der Waals surface area contributed by atoms with Crippen molar-refractivity contribution >= 4 is 0 Å². The summed E-state index contributed by atoms with van der Waals surface area (Å²) in [6.45, 7) is 7.62. The quantitative estimate of drug-likeness (QED) is 0.829. The van der Waals surface area contributed by atoms with Gasteiger partial charge >= 0.3 is 0 Å². The number of nitrogens with zero attached hydrogens (tertiary/aromatic N) is 5. The van der Waals surface area contributed by atoms with Crippen molar-refractivity contribution in [3.63, 3.8) is 0 Å². The Balaban J connectivity index is 1.64. The van der Waals surface area contributed by atoms with Crippen molar-refractivity contribution in [2.45, 2.75) is 64.2 Å². The Hall–Kier alpha value is -1.01. The Kier molecular flexibility index (Phi) is 3.79. The van der Waals surface area contributed by atoms with Crippen LogP contribution < -0.4 is 5.32 Å². The first-order valence-corrected chi connectivity index (χ1v) is 7.48. The Morgan fingerprint density at radius 3 is 2.84 bits per heavy atom. The summed E-state index contributed by atoms with van der Waals surface area (Å²) in [6, 6.07) is 1.71. The summed E-state index contributed by atoms with van der Waals surface area (Å²) in [5.74, 6) is 1.02. The molecule has 1 saturated heterocycles. The SMILES string of the molecule is CC(C)N(Cc1nnnn1C1CC1)CC1CCCN1. The lowest BCUT2D eigenvalue weighted by atomic mass is 10.2. The first-order chi connectivity index (χ1) is 9.24. The van der Waals surface area contributed by atoms with Crippen LogP contribution in [0.15, 0.2) is 0 Å². The van der Waals surface area contributed by atoms with Gasteiger partial charge in [0.25, 0.3) is 0 Å². The van der Waals surface area contributed by atoms with Crippen LogP contribution in [0, 0.1) is 0 Å². The molecule has 1 saturated carbocycles. The van der Waals surface area contributed by atoms with E-state index in [0.29, 0.717) is 18.1 Å². The van der Waals surface area contributed by atoms with Gasteiger partial charge in [0.15, 0.2) is 5.82 Å². The summed E-state index contributed by atoms with van der Waals surface area (Å²) in [7, 11) is 0. The molecule has 0 spiro atoms. The van der Waals surface area contributed by atoms with Gasteiger partial charge in [0, 0.05) is 18.6 Å². The first-order valence-electron chi connectivity index (χ1n) is 7.48. The Morgan fingerprint density at radius 2 is 2.21 bits per heavy atom. The molecule has 6 heteroatoms. The van der Waals surface area contributed by atoms with Gasteiger partial charge < -0.3 is 5.32 Å². The van der Waals surface area contributed by atoms with E-state index in [1.165, 1.54) is 25.7 Å². The molecular formula is C13H24N6. The summed E-state index contributed by atoms with van der Waals surface area (Å²) in [5.41, 5.74) is 0. The summed E-state index contributed by atoms with van der Waals surface area (Å²) in [6.07, 6.45) is 5.04.